The van der Waals surface area contributed by atoms with Crippen molar-refractivity contribution in [1.82, 2.24) is 10.3 Å². The van der Waals surface area contributed by atoms with Crippen molar-refractivity contribution in [1.29, 1.82) is 0 Å². The largest absolute Gasteiger partial charge is 0.480 e. The molecule has 0 saturated carbocycles. The fraction of sp³-hybridized carbons (Fsp3) is 0.444. The van der Waals surface area contributed by atoms with E-state index in [1.165, 1.54) is 0 Å². The predicted octanol–water partition coefficient (Wildman–Crippen LogP) is 1.93. The van der Waals surface area contributed by atoms with Crippen LogP contribution in [0.3, 0.4) is 0 Å². The topological polar surface area (TPSA) is 102 Å². The number of fused-ring (bicyclic) bond motifs is 1. The van der Waals surface area contributed by atoms with Crippen LogP contribution in [0.25, 0.3) is 10.9 Å². The minimum absolute atomic E-state index is 0.185. The van der Waals surface area contributed by atoms with Crippen molar-refractivity contribution in [3.8, 4) is 0 Å². The van der Waals surface area contributed by atoms with Crippen molar-refractivity contribution in [2.24, 2.45) is 11.8 Å². The second-order valence-electron chi connectivity index (χ2n) is 6.47. The Balaban J connectivity index is 2.12. The van der Waals surface area contributed by atoms with E-state index in [0.717, 1.165) is 16.5 Å². The summed E-state index contributed by atoms with van der Waals surface area (Å²) in [5.41, 5.74) is 1.76. The maximum Gasteiger partial charge on any atom is 0.326 e. The number of para-hydroxylation sites is 1. The summed E-state index contributed by atoms with van der Waals surface area (Å²) in [5.74, 6) is -1.85. The zero-order chi connectivity index (χ0) is 17.7. The summed E-state index contributed by atoms with van der Waals surface area (Å²) in [4.78, 5) is 26.9. The van der Waals surface area contributed by atoms with Crippen molar-refractivity contribution in [2.45, 2.75) is 32.7 Å². The Kier molecular flexibility index (Phi) is 5.98. The van der Waals surface area contributed by atoms with Crippen LogP contribution in [0.15, 0.2) is 30.5 Å². The first-order valence-corrected chi connectivity index (χ1v) is 8.11. The fourth-order valence-electron chi connectivity index (χ4n) is 2.84. The highest BCUT2D eigenvalue weighted by Gasteiger charge is 2.26. The van der Waals surface area contributed by atoms with Crippen LogP contribution in [-0.4, -0.2) is 39.7 Å². The molecule has 1 aromatic heterocycles. The Morgan fingerprint density at radius 2 is 1.96 bits per heavy atom. The van der Waals surface area contributed by atoms with Gasteiger partial charge in [0.1, 0.15) is 6.04 Å². The molecule has 0 aliphatic carbocycles. The number of carboxylic acid groups (broad SMARTS) is 1. The van der Waals surface area contributed by atoms with E-state index < -0.39 is 23.8 Å². The van der Waals surface area contributed by atoms with E-state index in [2.05, 4.69) is 10.3 Å². The van der Waals surface area contributed by atoms with Gasteiger partial charge in [0.15, 0.2) is 0 Å². The average Bonchev–Trinajstić information content (AvgIpc) is 2.94. The Morgan fingerprint density at radius 1 is 1.25 bits per heavy atom. The molecule has 6 heteroatoms. The molecule has 1 aromatic carbocycles. The molecule has 0 bridgehead atoms. The monoisotopic (exact) mass is 332 g/mol. The van der Waals surface area contributed by atoms with Crippen LogP contribution in [0.4, 0.5) is 0 Å². The van der Waals surface area contributed by atoms with Crippen molar-refractivity contribution < 1.29 is 19.8 Å². The summed E-state index contributed by atoms with van der Waals surface area (Å²) in [6.45, 7) is 3.62. The summed E-state index contributed by atoms with van der Waals surface area (Å²) in [6.07, 6.45) is 2.47. The van der Waals surface area contributed by atoms with E-state index in [1.54, 1.807) is 6.20 Å². The van der Waals surface area contributed by atoms with Gasteiger partial charge in [-0.2, -0.15) is 0 Å². The molecule has 2 atom stereocenters. The van der Waals surface area contributed by atoms with Crippen molar-refractivity contribution in [2.75, 3.05) is 6.61 Å². The van der Waals surface area contributed by atoms with Crippen LogP contribution in [-0.2, 0) is 16.0 Å². The number of H-pyrrole nitrogens is 1. The van der Waals surface area contributed by atoms with E-state index in [1.807, 2.05) is 38.1 Å². The van der Waals surface area contributed by atoms with Gasteiger partial charge in [0.05, 0.1) is 12.5 Å². The number of rotatable bonds is 8. The lowest BCUT2D eigenvalue weighted by Crippen LogP contribution is -2.45. The highest BCUT2D eigenvalue weighted by molar-refractivity contribution is 5.87. The van der Waals surface area contributed by atoms with Crippen LogP contribution in [0.2, 0.25) is 0 Å². The molecule has 0 radical (unpaired) electrons. The SMILES string of the molecule is CC(C)CC(CO)C(=O)N[C@@H](Cc1c[nH]c2ccccc12)C(=O)O. The highest BCUT2D eigenvalue weighted by atomic mass is 16.4. The van der Waals surface area contributed by atoms with Crippen LogP contribution < -0.4 is 5.32 Å². The van der Waals surface area contributed by atoms with E-state index in [0.29, 0.717) is 6.42 Å². The molecular formula is C18H24N2O4. The number of nitrogens with one attached hydrogen (secondary N) is 2. The maximum absolute atomic E-state index is 12.3. The van der Waals surface area contributed by atoms with Crippen molar-refractivity contribution in [3.63, 3.8) is 0 Å². The van der Waals surface area contributed by atoms with Crippen molar-refractivity contribution >= 4 is 22.8 Å². The lowest BCUT2D eigenvalue weighted by Gasteiger charge is -2.20. The molecule has 24 heavy (non-hydrogen) atoms. The molecule has 1 amide bonds. The fourth-order valence-corrected chi connectivity index (χ4v) is 2.84. The molecule has 0 aliphatic rings. The quantitative estimate of drug-likeness (QED) is 0.593. The molecule has 0 saturated heterocycles. The number of benzene rings is 1. The summed E-state index contributed by atoms with van der Waals surface area (Å²) in [5, 5.41) is 22.3. The molecular weight excluding hydrogens is 308 g/mol. The molecule has 2 aromatic rings. The predicted molar refractivity (Wildman–Crippen MR) is 91.6 cm³/mol. The zero-order valence-corrected chi connectivity index (χ0v) is 14.0. The van der Waals surface area contributed by atoms with Gasteiger partial charge in [-0.1, -0.05) is 32.0 Å². The number of aliphatic carboxylic acids is 1. The maximum atomic E-state index is 12.3. The second-order valence-corrected chi connectivity index (χ2v) is 6.47. The first-order chi connectivity index (χ1) is 11.4. The second kappa shape index (κ2) is 7.97. The molecule has 0 aliphatic heterocycles. The first kappa shape index (κ1) is 18.0. The van der Waals surface area contributed by atoms with E-state index in [-0.39, 0.29) is 18.9 Å². The number of carbonyl (C=O) groups excluding carboxylic acids is 1. The van der Waals surface area contributed by atoms with Gasteiger partial charge >= 0.3 is 5.97 Å². The number of aliphatic hydroxyl groups is 1. The molecule has 0 fully saturated rings. The molecule has 130 valence electrons. The third-order valence-corrected chi connectivity index (χ3v) is 4.06. The van der Waals surface area contributed by atoms with Gasteiger partial charge in [-0.25, -0.2) is 4.79 Å². The number of amides is 1. The zero-order valence-electron chi connectivity index (χ0n) is 14.0. The van der Waals surface area contributed by atoms with Crippen LogP contribution in [0, 0.1) is 11.8 Å². The number of hydrogen-bond donors (Lipinski definition) is 4. The third kappa shape index (κ3) is 4.35. The Morgan fingerprint density at radius 3 is 2.58 bits per heavy atom. The molecule has 6 nitrogen and oxygen atoms in total. The minimum Gasteiger partial charge on any atom is -0.480 e. The highest BCUT2D eigenvalue weighted by Crippen LogP contribution is 2.19. The van der Waals surface area contributed by atoms with Gasteiger partial charge in [0.2, 0.25) is 5.91 Å². The number of carboxylic acids is 1. The molecule has 1 unspecified atom stereocenters. The number of carbonyl (C=O) groups is 2. The number of aromatic nitrogens is 1. The van der Waals surface area contributed by atoms with Gasteiger partial charge in [0, 0.05) is 23.5 Å². The average molecular weight is 332 g/mol. The van der Waals surface area contributed by atoms with Gasteiger partial charge < -0.3 is 20.5 Å². The third-order valence-electron chi connectivity index (χ3n) is 4.06. The summed E-state index contributed by atoms with van der Waals surface area (Å²) >= 11 is 0. The number of aliphatic hydroxyl groups excluding tert-OH is 1. The van der Waals surface area contributed by atoms with Crippen molar-refractivity contribution in [3.05, 3.63) is 36.0 Å². The van der Waals surface area contributed by atoms with E-state index in [9.17, 15) is 19.8 Å². The Bertz CT molecular complexity index is 708. The molecule has 4 N–H and O–H groups in total. The lowest BCUT2D eigenvalue weighted by atomic mass is 9.96. The van der Waals surface area contributed by atoms with Gasteiger partial charge in [-0.15, -0.1) is 0 Å². The standard InChI is InChI=1S/C18H24N2O4/c1-11(2)7-13(10-21)17(22)20-16(18(23)24)8-12-9-19-15-6-4-3-5-14(12)15/h3-6,9,11,13,16,19,21H,7-8,10H2,1-2H3,(H,20,22)(H,23,24)/t13?,16-/m0/s1. The smallest absolute Gasteiger partial charge is 0.326 e. The Hall–Kier alpha value is -2.34. The lowest BCUT2D eigenvalue weighted by molar-refractivity contribution is -0.142. The summed E-state index contributed by atoms with van der Waals surface area (Å²) in [7, 11) is 0. The molecule has 2 rings (SSSR count). The van der Waals surface area contributed by atoms with Gasteiger partial charge in [-0.3, -0.25) is 4.79 Å². The number of hydrogen-bond acceptors (Lipinski definition) is 3. The van der Waals surface area contributed by atoms with E-state index >= 15 is 0 Å². The van der Waals surface area contributed by atoms with Crippen LogP contribution in [0.1, 0.15) is 25.8 Å². The van der Waals surface area contributed by atoms with Crippen LogP contribution >= 0.6 is 0 Å². The van der Waals surface area contributed by atoms with Crippen LogP contribution in [0.5, 0.6) is 0 Å². The van der Waals surface area contributed by atoms with Gasteiger partial charge in [-0.05, 0) is 24.0 Å². The Labute approximate surface area is 140 Å². The minimum atomic E-state index is -1.09. The summed E-state index contributed by atoms with van der Waals surface area (Å²) < 4.78 is 0. The normalized spacial score (nSPS) is 13.8. The molecule has 0 spiro atoms. The van der Waals surface area contributed by atoms with Gasteiger partial charge in [0.25, 0.3) is 0 Å². The summed E-state index contributed by atoms with van der Waals surface area (Å²) in [6, 6.07) is 6.59. The molecule has 1 heterocycles. The number of aromatic amines is 1. The van der Waals surface area contributed by atoms with E-state index in [4.69, 9.17) is 0 Å². The first-order valence-electron chi connectivity index (χ1n) is 8.11.